The van der Waals surface area contributed by atoms with Crippen molar-refractivity contribution in [2.75, 3.05) is 6.61 Å². The summed E-state index contributed by atoms with van der Waals surface area (Å²) in [6.07, 6.45) is 4.92. The molecule has 0 aliphatic carbocycles. The molecule has 1 heterocycles. The molecule has 4 heteroatoms. The second-order valence-electron chi connectivity index (χ2n) is 4.52. The van der Waals surface area contributed by atoms with Crippen LogP contribution in [0.25, 0.3) is 0 Å². The van der Waals surface area contributed by atoms with Crippen LogP contribution in [0.1, 0.15) is 37.4 Å². The first kappa shape index (κ1) is 13.6. The largest absolute Gasteiger partial charge is 0.494 e. The first-order valence-corrected chi connectivity index (χ1v) is 6.75. The summed E-state index contributed by atoms with van der Waals surface area (Å²) >= 11 is 0. The highest BCUT2D eigenvalue weighted by Crippen LogP contribution is 2.23. The van der Waals surface area contributed by atoms with E-state index in [2.05, 4.69) is 12.0 Å². The summed E-state index contributed by atoms with van der Waals surface area (Å²) in [5.74, 6) is 0.858. The van der Waals surface area contributed by atoms with E-state index in [0.29, 0.717) is 6.61 Å². The number of nitrogens with zero attached hydrogens (tertiary/aromatic N) is 2. The smallest absolute Gasteiger partial charge is 0.119 e. The maximum atomic E-state index is 6.28. The zero-order valence-corrected chi connectivity index (χ0v) is 11.5. The molecule has 0 fully saturated rings. The Morgan fingerprint density at radius 2 is 2.16 bits per heavy atom. The van der Waals surface area contributed by atoms with Crippen LogP contribution in [0.15, 0.2) is 36.7 Å². The molecule has 0 saturated carbocycles. The van der Waals surface area contributed by atoms with Gasteiger partial charge in [0.15, 0.2) is 0 Å². The summed E-state index contributed by atoms with van der Waals surface area (Å²) in [7, 11) is 0. The Hall–Kier alpha value is -1.81. The van der Waals surface area contributed by atoms with Gasteiger partial charge in [-0.2, -0.15) is 5.10 Å². The number of ether oxygens (including phenoxy) is 1. The van der Waals surface area contributed by atoms with Gasteiger partial charge >= 0.3 is 0 Å². The minimum absolute atomic E-state index is 0.161. The van der Waals surface area contributed by atoms with Crippen LogP contribution in [0.4, 0.5) is 0 Å². The van der Waals surface area contributed by atoms with E-state index in [0.717, 1.165) is 29.8 Å². The van der Waals surface area contributed by atoms with E-state index in [-0.39, 0.29) is 6.04 Å². The van der Waals surface area contributed by atoms with Crippen molar-refractivity contribution in [1.29, 1.82) is 0 Å². The van der Waals surface area contributed by atoms with Gasteiger partial charge < -0.3 is 10.5 Å². The zero-order chi connectivity index (χ0) is 13.7. The molecule has 2 N–H and O–H groups in total. The highest BCUT2D eigenvalue weighted by Gasteiger charge is 2.11. The molecular weight excluding hydrogens is 238 g/mol. The monoisotopic (exact) mass is 259 g/mol. The highest BCUT2D eigenvalue weighted by atomic mass is 16.5. The average Bonchev–Trinajstić information content (AvgIpc) is 2.88. The fraction of sp³-hybridized carbons (Fsp3) is 0.400. The quantitative estimate of drug-likeness (QED) is 0.867. The summed E-state index contributed by atoms with van der Waals surface area (Å²) in [6, 6.07) is 7.76. The molecule has 0 spiro atoms. The Labute approximate surface area is 114 Å². The molecule has 0 amide bonds. The van der Waals surface area contributed by atoms with Crippen molar-refractivity contribution in [2.24, 2.45) is 5.73 Å². The van der Waals surface area contributed by atoms with Crippen LogP contribution in [0, 0.1) is 0 Å². The predicted octanol–water partition coefficient (Wildman–Crippen LogP) is 2.74. The van der Waals surface area contributed by atoms with Crippen molar-refractivity contribution in [2.45, 2.75) is 32.9 Å². The van der Waals surface area contributed by atoms with Gasteiger partial charge in [0, 0.05) is 18.3 Å². The lowest BCUT2D eigenvalue weighted by molar-refractivity contribution is 0.340. The molecule has 0 aliphatic rings. The molecular formula is C15H21N3O. The van der Waals surface area contributed by atoms with Crippen LogP contribution in [0.5, 0.6) is 5.75 Å². The van der Waals surface area contributed by atoms with Crippen molar-refractivity contribution >= 4 is 0 Å². The average molecular weight is 259 g/mol. The third-order valence-electron chi connectivity index (χ3n) is 2.99. The van der Waals surface area contributed by atoms with Gasteiger partial charge in [-0.05, 0) is 31.0 Å². The minimum atomic E-state index is -0.161. The molecule has 2 aromatic rings. The standard InChI is InChI=1S/C15H21N3O/c1-3-8-18-11-13(10-17-18)15(16)12-6-5-7-14(9-12)19-4-2/h5-7,9-11,15H,3-4,8,16H2,1-2H3. The van der Waals surface area contributed by atoms with E-state index >= 15 is 0 Å². The van der Waals surface area contributed by atoms with Crippen LogP contribution in [0.2, 0.25) is 0 Å². The molecule has 0 radical (unpaired) electrons. The Bertz CT molecular complexity index is 522. The Morgan fingerprint density at radius 1 is 1.32 bits per heavy atom. The van der Waals surface area contributed by atoms with Gasteiger partial charge in [-0.25, -0.2) is 0 Å². The van der Waals surface area contributed by atoms with Gasteiger partial charge in [0.2, 0.25) is 0 Å². The summed E-state index contributed by atoms with van der Waals surface area (Å²) in [4.78, 5) is 0. The van der Waals surface area contributed by atoms with Crippen molar-refractivity contribution in [3.63, 3.8) is 0 Å². The maximum absolute atomic E-state index is 6.28. The summed E-state index contributed by atoms with van der Waals surface area (Å²) < 4.78 is 7.43. The molecule has 102 valence electrons. The molecule has 2 rings (SSSR count). The van der Waals surface area contributed by atoms with E-state index in [9.17, 15) is 0 Å². The molecule has 1 unspecified atom stereocenters. The van der Waals surface area contributed by atoms with Gasteiger partial charge in [-0.15, -0.1) is 0 Å². The molecule has 1 aromatic carbocycles. The lowest BCUT2D eigenvalue weighted by Gasteiger charge is -2.11. The fourth-order valence-electron chi connectivity index (χ4n) is 2.05. The second kappa shape index (κ2) is 6.38. The van der Waals surface area contributed by atoms with Gasteiger partial charge in [0.05, 0.1) is 18.8 Å². The first-order valence-electron chi connectivity index (χ1n) is 6.75. The maximum Gasteiger partial charge on any atom is 0.119 e. The van der Waals surface area contributed by atoms with E-state index in [1.807, 2.05) is 48.3 Å². The normalized spacial score (nSPS) is 12.4. The lowest BCUT2D eigenvalue weighted by atomic mass is 10.0. The first-order chi connectivity index (χ1) is 9.24. The van der Waals surface area contributed by atoms with Gasteiger partial charge in [0.1, 0.15) is 5.75 Å². The fourth-order valence-corrected chi connectivity index (χ4v) is 2.05. The van der Waals surface area contributed by atoms with Crippen molar-refractivity contribution in [1.82, 2.24) is 9.78 Å². The van der Waals surface area contributed by atoms with Gasteiger partial charge in [-0.1, -0.05) is 19.1 Å². The number of rotatable bonds is 6. The third-order valence-corrected chi connectivity index (χ3v) is 2.99. The lowest BCUT2D eigenvalue weighted by Crippen LogP contribution is -2.11. The molecule has 1 atom stereocenters. The van der Waals surface area contributed by atoms with E-state index in [1.165, 1.54) is 0 Å². The van der Waals surface area contributed by atoms with Crippen LogP contribution in [-0.4, -0.2) is 16.4 Å². The van der Waals surface area contributed by atoms with E-state index in [4.69, 9.17) is 10.5 Å². The predicted molar refractivity (Wildman–Crippen MR) is 76.2 cm³/mol. The number of aromatic nitrogens is 2. The summed E-state index contributed by atoms with van der Waals surface area (Å²) in [5, 5.41) is 4.32. The van der Waals surface area contributed by atoms with E-state index < -0.39 is 0 Å². The SMILES string of the molecule is CCCn1cc(C(N)c2cccc(OCC)c2)cn1. The summed E-state index contributed by atoms with van der Waals surface area (Å²) in [6.45, 7) is 5.69. The highest BCUT2D eigenvalue weighted by molar-refractivity contribution is 5.35. The Balaban J connectivity index is 2.17. The Kier molecular flexibility index (Phi) is 4.58. The van der Waals surface area contributed by atoms with Crippen molar-refractivity contribution in [3.05, 3.63) is 47.8 Å². The number of hydrogen-bond donors (Lipinski definition) is 1. The van der Waals surface area contributed by atoms with Crippen LogP contribution in [-0.2, 0) is 6.54 Å². The van der Waals surface area contributed by atoms with Crippen molar-refractivity contribution < 1.29 is 4.74 Å². The molecule has 0 saturated heterocycles. The molecule has 0 aliphatic heterocycles. The number of benzene rings is 1. The van der Waals surface area contributed by atoms with Gasteiger partial charge in [0.25, 0.3) is 0 Å². The number of nitrogens with two attached hydrogens (primary N) is 1. The summed E-state index contributed by atoms with van der Waals surface area (Å²) in [5.41, 5.74) is 8.36. The van der Waals surface area contributed by atoms with E-state index in [1.54, 1.807) is 0 Å². The molecule has 19 heavy (non-hydrogen) atoms. The molecule has 4 nitrogen and oxygen atoms in total. The number of hydrogen-bond acceptors (Lipinski definition) is 3. The molecule has 1 aromatic heterocycles. The van der Waals surface area contributed by atoms with Crippen LogP contribution < -0.4 is 10.5 Å². The third kappa shape index (κ3) is 3.35. The topological polar surface area (TPSA) is 53.1 Å². The van der Waals surface area contributed by atoms with Gasteiger partial charge in [-0.3, -0.25) is 4.68 Å². The van der Waals surface area contributed by atoms with Crippen molar-refractivity contribution in [3.8, 4) is 5.75 Å². The van der Waals surface area contributed by atoms with Crippen LogP contribution in [0.3, 0.4) is 0 Å². The zero-order valence-electron chi connectivity index (χ0n) is 11.5. The van der Waals surface area contributed by atoms with Crippen LogP contribution >= 0.6 is 0 Å². The molecule has 0 bridgehead atoms. The Morgan fingerprint density at radius 3 is 2.89 bits per heavy atom. The second-order valence-corrected chi connectivity index (χ2v) is 4.52. The minimum Gasteiger partial charge on any atom is -0.494 e. The number of aryl methyl sites for hydroxylation is 1.